The summed E-state index contributed by atoms with van der Waals surface area (Å²) in [5, 5.41) is 10.2. The van der Waals surface area contributed by atoms with Crippen LogP contribution in [0, 0.1) is 0 Å². The highest BCUT2D eigenvalue weighted by Crippen LogP contribution is 2.48. The van der Waals surface area contributed by atoms with E-state index in [1.807, 2.05) is 12.3 Å². The van der Waals surface area contributed by atoms with Crippen molar-refractivity contribution in [2.75, 3.05) is 0 Å². The number of fused-ring (bicyclic) bond motifs is 3. The first-order valence-corrected chi connectivity index (χ1v) is 6.52. The van der Waals surface area contributed by atoms with Gasteiger partial charge in [0, 0.05) is 23.7 Å². The van der Waals surface area contributed by atoms with Gasteiger partial charge in [-0.25, -0.2) is 9.97 Å². The standard InChI is InChI=1S/C15H14N2O2/c18-13-3-1-2-10-4-5-15(14(10)13)6-12-11(8-19-15)7-16-9-17-12/h1-3,7,9,18H,4-6,8H2. The van der Waals surface area contributed by atoms with Crippen LogP contribution in [0.4, 0.5) is 0 Å². The Morgan fingerprint density at radius 1 is 1.26 bits per heavy atom. The van der Waals surface area contributed by atoms with Crippen molar-refractivity contribution in [2.45, 2.75) is 31.5 Å². The third-order valence-corrected chi connectivity index (χ3v) is 4.22. The lowest BCUT2D eigenvalue weighted by Gasteiger charge is -2.35. The molecule has 19 heavy (non-hydrogen) atoms. The maximum absolute atomic E-state index is 10.2. The van der Waals surface area contributed by atoms with Gasteiger partial charge < -0.3 is 9.84 Å². The first kappa shape index (κ1) is 10.9. The number of hydrogen-bond acceptors (Lipinski definition) is 4. The molecule has 2 aliphatic rings. The molecule has 2 aromatic rings. The Bertz CT molecular complexity index is 656. The minimum absolute atomic E-state index is 0.340. The lowest BCUT2D eigenvalue weighted by atomic mass is 9.86. The van der Waals surface area contributed by atoms with E-state index in [0.717, 1.165) is 36.1 Å². The highest BCUT2D eigenvalue weighted by atomic mass is 16.5. The van der Waals surface area contributed by atoms with Crippen molar-refractivity contribution < 1.29 is 9.84 Å². The molecule has 0 amide bonds. The Morgan fingerprint density at radius 3 is 3.16 bits per heavy atom. The Hall–Kier alpha value is -1.94. The van der Waals surface area contributed by atoms with Gasteiger partial charge in [-0.1, -0.05) is 12.1 Å². The van der Waals surface area contributed by atoms with Gasteiger partial charge in [0.2, 0.25) is 0 Å². The van der Waals surface area contributed by atoms with Crippen LogP contribution in [0.25, 0.3) is 0 Å². The number of aromatic nitrogens is 2. The summed E-state index contributed by atoms with van der Waals surface area (Å²) in [6.45, 7) is 0.518. The van der Waals surface area contributed by atoms with Gasteiger partial charge in [0.25, 0.3) is 0 Å². The highest BCUT2D eigenvalue weighted by molar-refractivity contribution is 5.48. The van der Waals surface area contributed by atoms with Gasteiger partial charge in [-0.3, -0.25) is 0 Å². The molecule has 96 valence electrons. The van der Waals surface area contributed by atoms with E-state index < -0.39 is 5.60 Å². The monoisotopic (exact) mass is 254 g/mol. The van der Waals surface area contributed by atoms with Crippen molar-refractivity contribution in [1.82, 2.24) is 9.97 Å². The number of benzene rings is 1. The molecule has 0 saturated carbocycles. The predicted molar refractivity (Wildman–Crippen MR) is 68.6 cm³/mol. The van der Waals surface area contributed by atoms with Crippen molar-refractivity contribution in [3.63, 3.8) is 0 Å². The van der Waals surface area contributed by atoms with Gasteiger partial charge in [0.05, 0.1) is 12.3 Å². The Morgan fingerprint density at radius 2 is 2.21 bits per heavy atom. The SMILES string of the molecule is Oc1cccc2c1C1(CC2)Cc2ncncc2CO1. The van der Waals surface area contributed by atoms with Gasteiger partial charge in [-0.2, -0.15) is 0 Å². The van der Waals surface area contributed by atoms with Crippen LogP contribution >= 0.6 is 0 Å². The molecule has 1 aromatic heterocycles. The Labute approximate surface area is 111 Å². The Balaban J connectivity index is 1.84. The quantitative estimate of drug-likeness (QED) is 0.782. The average Bonchev–Trinajstić information content (AvgIpc) is 2.79. The summed E-state index contributed by atoms with van der Waals surface area (Å²) < 4.78 is 6.12. The zero-order valence-electron chi connectivity index (χ0n) is 10.5. The summed E-state index contributed by atoms with van der Waals surface area (Å²) in [5.41, 5.74) is 3.84. The van der Waals surface area contributed by atoms with Crippen molar-refractivity contribution in [3.05, 3.63) is 53.1 Å². The third kappa shape index (κ3) is 1.50. The molecule has 2 heterocycles. The maximum Gasteiger partial charge on any atom is 0.121 e. The van der Waals surface area contributed by atoms with E-state index in [9.17, 15) is 5.11 Å². The lowest BCUT2D eigenvalue weighted by Crippen LogP contribution is -2.34. The molecule has 1 atom stereocenters. The number of phenolic OH excluding ortho intramolecular Hbond substituents is 1. The first-order chi connectivity index (χ1) is 9.28. The normalized spacial score (nSPS) is 24.2. The number of aromatic hydroxyl groups is 1. The number of ether oxygens (including phenoxy) is 1. The van der Waals surface area contributed by atoms with Crippen molar-refractivity contribution in [2.24, 2.45) is 0 Å². The van der Waals surface area contributed by atoms with Crippen LogP contribution in [0.5, 0.6) is 5.75 Å². The molecule has 1 spiro atoms. The highest BCUT2D eigenvalue weighted by Gasteiger charge is 2.44. The molecular formula is C15H14N2O2. The molecule has 1 aromatic carbocycles. The number of hydrogen-bond donors (Lipinski definition) is 1. The van der Waals surface area contributed by atoms with Crippen molar-refractivity contribution >= 4 is 0 Å². The second kappa shape index (κ2) is 3.78. The predicted octanol–water partition coefficient (Wildman–Crippen LogP) is 2.10. The smallest absolute Gasteiger partial charge is 0.121 e. The fourth-order valence-electron chi connectivity index (χ4n) is 3.30. The molecule has 1 aliphatic carbocycles. The fraction of sp³-hybridized carbons (Fsp3) is 0.333. The molecule has 4 nitrogen and oxygen atoms in total. The summed E-state index contributed by atoms with van der Waals surface area (Å²) in [7, 11) is 0. The van der Waals surface area contributed by atoms with Gasteiger partial charge in [-0.15, -0.1) is 0 Å². The Kier molecular flexibility index (Phi) is 2.17. The van der Waals surface area contributed by atoms with E-state index >= 15 is 0 Å². The maximum atomic E-state index is 10.2. The van der Waals surface area contributed by atoms with E-state index in [-0.39, 0.29) is 0 Å². The molecule has 4 rings (SSSR count). The molecular weight excluding hydrogens is 240 g/mol. The van der Waals surface area contributed by atoms with E-state index in [1.165, 1.54) is 5.56 Å². The summed E-state index contributed by atoms with van der Waals surface area (Å²) in [6, 6.07) is 5.71. The fourth-order valence-corrected chi connectivity index (χ4v) is 3.30. The van der Waals surface area contributed by atoms with E-state index in [4.69, 9.17) is 4.74 Å². The largest absolute Gasteiger partial charge is 0.508 e. The van der Waals surface area contributed by atoms with E-state index in [0.29, 0.717) is 12.4 Å². The molecule has 0 saturated heterocycles. The summed E-state index contributed by atoms with van der Waals surface area (Å²) in [6.07, 6.45) is 5.97. The molecule has 1 aliphatic heterocycles. The molecule has 4 heteroatoms. The van der Waals surface area contributed by atoms with Crippen molar-refractivity contribution in [1.29, 1.82) is 0 Å². The summed E-state index contributed by atoms with van der Waals surface area (Å²) in [4.78, 5) is 8.40. The minimum Gasteiger partial charge on any atom is -0.508 e. The van der Waals surface area contributed by atoms with Gasteiger partial charge in [0.15, 0.2) is 0 Å². The van der Waals surface area contributed by atoms with Crippen LogP contribution in [-0.4, -0.2) is 15.1 Å². The number of rotatable bonds is 0. The van der Waals surface area contributed by atoms with Crippen LogP contribution in [0.1, 0.15) is 28.8 Å². The number of phenols is 1. The van der Waals surface area contributed by atoms with Crippen LogP contribution in [0.15, 0.2) is 30.7 Å². The van der Waals surface area contributed by atoms with Crippen LogP contribution in [-0.2, 0) is 29.8 Å². The number of nitrogens with zero attached hydrogens (tertiary/aromatic N) is 2. The lowest BCUT2D eigenvalue weighted by molar-refractivity contribution is -0.0741. The third-order valence-electron chi connectivity index (χ3n) is 4.22. The van der Waals surface area contributed by atoms with Gasteiger partial charge >= 0.3 is 0 Å². The summed E-state index contributed by atoms with van der Waals surface area (Å²) in [5.74, 6) is 0.340. The second-order valence-electron chi connectivity index (χ2n) is 5.27. The molecule has 0 radical (unpaired) electrons. The molecule has 1 unspecified atom stereocenters. The van der Waals surface area contributed by atoms with Gasteiger partial charge in [0.1, 0.15) is 17.7 Å². The van der Waals surface area contributed by atoms with Crippen molar-refractivity contribution in [3.8, 4) is 5.75 Å². The zero-order chi connectivity index (χ0) is 12.9. The average molecular weight is 254 g/mol. The van der Waals surface area contributed by atoms with E-state index in [1.54, 1.807) is 12.4 Å². The molecule has 0 bridgehead atoms. The first-order valence-electron chi connectivity index (χ1n) is 6.52. The minimum atomic E-state index is -0.401. The molecule has 0 fully saturated rings. The van der Waals surface area contributed by atoms with Crippen LogP contribution < -0.4 is 0 Å². The molecule has 1 N–H and O–H groups in total. The summed E-state index contributed by atoms with van der Waals surface area (Å²) >= 11 is 0. The topological polar surface area (TPSA) is 55.2 Å². The van der Waals surface area contributed by atoms with Crippen LogP contribution in [0.3, 0.4) is 0 Å². The van der Waals surface area contributed by atoms with Gasteiger partial charge in [-0.05, 0) is 24.5 Å². The zero-order valence-corrected chi connectivity index (χ0v) is 10.5. The van der Waals surface area contributed by atoms with Crippen LogP contribution in [0.2, 0.25) is 0 Å². The number of aryl methyl sites for hydroxylation is 1. The van der Waals surface area contributed by atoms with E-state index in [2.05, 4.69) is 16.0 Å². The second-order valence-corrected chi connectivity index (χ2v) is 5.27.